The van der Waals surface area contributed by atoms with Crippen LogP contribution in [-0.2, 0) is 6.54 Å². The van der Waals surface area contributed by atoms with Gasteiger partial charge < -0.3 is 15.5 Å². The molecule has 156 valence electrons. The van der Waals surface area contributed by atoms with Crippen LogP contribution in [0.2, 0.25) is 0 Å². The summed E-state index contributed by atoms with van der Waals surface area (Å²) < 4.78 is 0. The zero-order valence-electron chi connectivity index (χ0n) is 17.1. The number of benzene rings is 1. The number of pyridine rings is 1. The van der Waals surface area contributed by atoms with E-state index in [1.54, 1.807) is 24.5 Å². The third-order valence-electron chi connectivity index (χ3n) is 4.37. The minimum absolute atomic E-state index is 0.0730. The average molecular weight is 407 g/mol. The van der Waals surface area contributed by atoms with Gasteiger partial charge in [0, 0.05) is 49.2 Å². The van der Waals surface area contributed by atoms with Gasteiger partial charge in [-0.15, -0.1) is 0 Å². The van der Waals surface area contributed by atoms with E-state index < -0.39 is 4.92 Å². The molecule has 2 heterocycles. The zero-order chi connectivity index (χ0) is 21.3. The predicted octanol–water partition coefficient (Wildman–Crippen LogP) is 3.42. The van der Waals surface area contributed by atoms with Gasteiger partial charge in [-0.05, 0) is 44.8 Å². The molecule has 0 unspecified atom stereocenters. The van der Waals surface area contributed by atoms with Gasteiger partial charge >= 0.3 is 0 Å². The molecule has 0 spiro atoms. The Morgan fingerprint density at radius 1 is 1.10 bits per heavy atom. The minimum Gasteiger partial charge on any atom is -0.366 e. The quantitative estimate of drug-likeness (QED) is 0.299. The summed E-state index contributed by atoms with van der Waals surface area (Å²) in [6.07, 6.45) is 4.45. The summed E-state index contributed by atoms with van der Waals surface area (Å²) in [7, 11) is 4.08. The highest BCUT2D eigenvalue weighted by atomic mass is 16.6. The van der Waals surface area contributed by atoms with E-state index in [2.05, 4.69) is 30.5 Å². The van der Waals surface area contributed by atoms with Crippen molar-refractivity contribution in [2.75, 3.05) is 37.8 Å². The van der Waals surface area contributed by atoms with Crippen molar-refractivity contribution in [1.82, 2.24) is 19.9 Å². The summed E-state index contributed by atoms with van der Waals surface area (Å²) in [6.45, 7) is 2.22. The summed E-state index contributed by atoms with van der Waals surface area (Å²) in [5, 5.41) is 17.4. The van der Waals surface area contributed by atoms with Gasteiger partial charge in [-0.2, -0.15) is 4.98 Å². The van der Waals surface area contributed by atoms with Gasteiger partial charge in [0.2, 0.25) is 5.95 Å². The van der Waals surface area contributed by atoms with E-state index in [1.165, 1.54) is 12.1 Å². The Labute approximate surface area is 175 Å². The van der Waals surface area contributed by atoms with Crippen molar-refractivity contribution < 1.29 is 4.92 Å². The van der Waals surface area contributed by atoms with E-state index >= 15 is 0 Å². The Hall–Kier alpha value is -3.59. The Balaban J connectivity index is 1.74. The van der Waals surface area contributed by atoms with Crippen LogP contribution in [0.15, 0.2) is 54.9 Å². The van der Waals surface area contributed by atoms with Gasteiger partial charge in [0.05, 0.1) is 10.6 Å². The lowest BCUT2D eigenvalue weighted by Gasteiger charge is -2.13. The lowest BCUT2D eigenvalue weighted by atomic mass is 10.2. The van der Waals surface area contributed by atoms with Crippen LogP contribution < -0.4 is 10.6 Å². The van der Waals surface area contributed by atoms with E-state index in [1.807, 2.05) is 32.3 Å². The molecule has 0 saturated carbocycles. The summed E-state index contributed by atoms with van der Waals surface area (Å²) >= 11 is 0. The van der Waals surface area contributed by atoms with Gasteiger partial charge in [0.25, 0.3) is 5.69 Å². The number of nitrogens with zero attached hydrogens (tertiary/aromatic N) is 5. The molecule has 2 N–H and O–H groups in total. The molecule has 0 radical (unpaired) electrons. The molecular weight excluding hydrogens is 382 g/mol. The number of nitro benzene ring substituents is 1. The van der Waals surface area contributed by atoms with Crippen LogP contribution in [0.4, 0.5) is 17.5 Å². The summed E-state index contributed by atoms with van der Waals surface area (Å²) in [5.41, 5.74) is 2.65. The molecule has 2 aromatic heterocycles. The van der Waals surface area contributed by atoms with Crippen LogP contribution in [0.3, 0.4) is 0 Å². The monoisotopic (exact) mass is 407 g/mol. The van der Waals surface area contributed by atoms with Crippen molar-refractivity contribution in [3.05, 3.63) is 70.5 Å². The van der Waals surface area contributed by atoms with Crippen LogP contribution in [0.25, 0.3) is 11.3 Å². The molecule has 3 aromatic rings. The molecule has 0 amide bonds. The second-order valence-electron chi connectivity index (χ2n) is 7.06. The third kappa shape index (κ3) is 6.21. The van der Waals surface area contributed by atoms with Crippen LogP contribution in [-0.4, -0.2) is 52.0 Å². The van der Waals surface area contributed by atoms with Crippen molar-refractivity contribution in [2.24, 2.45) is 0 Å². The number of hydrogen-bond donors (Lipinski definition) is 2. The van der Waals surface area contributed by atoms with Crippen LogP contribution >= 0.6 is 0 Å². The normalized spacial score (nSPS) is 10.8. The van der Waals surface area contributed by atoms with Crippen molar-refractivity contribution in [3.63, 3.8) is 0 Å². The fourth-order valence-corrected chi connectivity index (χ4v) is 2.80. The predicted molar refractivity (Wildman–Crippen MR) is 117 cm³/mol. The molecule has 0 fully saturated rings. The van der Waals surface area contributed by atoms with Gasteiger partial charge in [0.1, 0.15) is 5.82 Å². The molecule has 1 aromatic carbocycles. The van der Waals surface area contributed by atoms with Crippen molar-refractivity contribution in [2.45, 2.75) is 13.0 Å². The number of nitrogens with one attached hydrogen (secondary N) is 2. The van der Waals surface area contributed by atoms with E-state index in [0.29, 0.717) is 18.3 Å². The maximum Gasteiger partial charge on any atom is 0.269 e. The third-order valence-corrected chi connectivity index (χ3v) is 4.37. The molecule has 30 heavy (non-hydrogen) atoms. The van der Waals surface area contributed by atoms with Gasteiger partial charge in [-0.3, -0.25) is 15.1 Å². The number of nitro groups is 1. The Bertz CT molecular complexity index is 963. The number of non-ortho nitro benzene ring substituents is 1. The van der Waals surface area contributed by atoms with Crippen LogP contribution in [0, 0.1) is 10.1 Å². The van der Waals surface area contributed by atoms with E-state index in [4.69, 9.17) is 0 Å². The largest absolute Gasteiger partial charge is 0.366 e. The smallest absolute Gasteiger partial charge is 0.269 e. The molecule has 0 atom stereocenters. The SMILES string of the molecule is CN(C)CCCNc1nc(NCc2ccc([N+](=O)[O-])cc2)cc(-c2cccnc2)n1. The van der Waals surface area contributed by atoms with Crippen molar-refractivity contribution in [1.29, 1.82) is 0 Å². The van der Waals surface area contributed by atoms with Crippen LogP contribution in [0.1, 0.15) is 12.0 Å². The molecule has 0 aliphatic heterocycles. The van der Waals surface area contributed by atoms with E-state index in [-0.39, 0.29) is 5.69 Å². The average Bonchev–Trinajstić information content (AvgIpc) is 2.76. The molecule has 3 rings (SSSR count). The molecule has 0 bridgehead atoms. The summed E-state index contributed by atoms with van der Waals surface area (Å²) in [4.78, 5) is 25.9. The van der Waals surface area contributed by atoms with Gasteiger partial charge in [-0.1, -0.05) is 12.1 Å². The van der Waals surface area contributed by atoms with Crippen molar-refractivity contribution in [3.8, 4) is 11.3 Å². The second kappa shape index (κ2) is 10.3. The lowest BCUT2D eigenvalue weighted by Crippen LogP contribution is -2.17. The first kappa shape index (κ1) is 21.1. The second-order valence-corrected chi connectivity index (χ2v) is 7.06. The molecular formula is C21H25N7O2. The standard InChI is InChI=1S/C21H25N7O2/c1-27(2)12-4-11-23-21-25-19(17-5-3-10-22-15-17)13-20(26-21)24-14-16-6-8-18(9-7-16)28(29)30/h3,5-10,13,15H,4,11-12,14H2,1-2H3,(H2,23,24,25,26). The molecule has 0 aliphatic carbocycles. The molecule has 0 saturated heterocycles. The minimum atomic E-state index is -0.407. The number of rotatable bonds is 10. The highest BCUT2D eigenvalue weighted by Gasteiger charge is 2.08. The summed E-state index contributed by atoms with van der Waals surface area (Å²) in [6, 6.07) is 12.1. The van der Waals surface area contributed by atoms with E-state index in [9.17, 15) is 10.1 Å². The van der Waals surface area contributed by atoms with E-state index in [0.717, 1.165) is 36.3 Å². The highest BCUT2D eigenvalue weighted by Crippen LogP contribution is 2.21. The number of hydrogen-bond acceptors (Lipinski definition) is 8. The molecule has 9 nitrogen and oxygen atoms in total. The number of aromatic nitrogens is 3. The van der Waals surface area contributed by atoms with Crippen molar-refractivity contribution >= 4 is 17.5 Å². The number of anilines is 2. The first-order valence-electron chi connectivity index (χ1n) is 9.66. The fraction of sp³-hybridized carbons (Fsp3) is 0.286. The van der Waals surface area contributed by atoms with Gasteiger partial charge in [0.15, 0.2) is 0 Å². The Morgan fingerprint density at radius 2 is 1.90 bits per heavy atom. The Morgan fingerprint density at radius 3 is 2.57 bits per heavy atom. The molecule has 9 heteroatoms. The maximum atomic E-state index is 10.8. The summed E-state index contributed by atoms with van der Waals surface area (Å²) in [5.74, 6) is 1.21. The fourth-order valence-electron chi connectivity index (χ4n) is 2.80. The maximum absolute atomic E-state index is 10.8. The highest BCUT2D eigenvalue weighted by molar-refractivity contribution is 5.63. The first-order chi connectivity index (χ1) is 14.5. The van der Waals surface area contributed by atoms with Gasteiger partial charge in [-0.25, -0.2) is 4.98 Å². The molecule has 0 aliphatic rings. The first-order valence-corrected chi connectivity index (χ1v) is 9.66. The topological polar surface area (TPSA) is 109 Å². The zero-order valence-corrected chi connectivity index (χ0v) is 17.1. The van der Waals surface area contributed by atoms with Crippen LogP contribution in [0.5, 0.6) is 0 Å². The Kier molecular flexibility index (Phi) is 7.23. The lowest BCUT2D eigenvalue weighted by molar-refractivity contribution is -0.384.